The number of fused-ring (bicyclic) bond motifs is 1. The first-order valence-electron chi connectivity index (χ1n) is 10.1. The van der Waals surface area contributed by atoms with Crippen LogP contribution < -0.4 is 14.4 Å². The lowest BCUT2D eigenvalue weighted by molar-refractivity contribution is -0.127. The van der Waals surface area contributed by atoms with E-state index in [2.05, 4.69) is 24.1 Å². The molecule has 0 radical (unpaired) electrons. The predicted octanol–water partition coefficient (Wildman–Crippen LogP) is 2.35. The van der Waals surface area contributed by atoms with Crippen LogP contribution in [-0.4, -0.2) is 64.3 Å². The van der Waals surface area contributed by atoms with Crippen LogP contribution in [0.4, 0.5) is 5.69 Å². The standard InChI is InChI=1S/C20H30ClN3O4S/c1-14-9-15(2)12-23(11-14)8-4-7-22-20(25)19-13-24(29(3,26)27)17-10-16(21)5-6-18(17)28-19/h5-6,10,14-15,19H,4,7-9,11-13H2,1-3H3,(H,22,25)/t14-,15-,19-/m1/s1. The summed E-state index contributed by atoms with van der Waals surface area (Å²) in [4.78, 5) is 15.1. The first-order chi connectivity index (χ1) is 13.6. The van der Waals surface area contributed by atoms with E-state index in [1.807, 2.05) is 0 Å². The van der Waals surface area contributed by atoms with E-state index in [-0.39, 0.29) is 12.5 Å². The maximum atomic E-state index is 12.6. The molecule has 1 aromatic carbocycles. The molecule has 1 aromatic rings. The average Bonchev–Trinajstić information content (AvgIpc) is 2.62. The van der Waals surface area contributed by atoms with Crippen LogP contribution in [0.15, 0.2) is 18.2 Å². The summed E-state index contributed by atoms with van der Waals surface area (Å²) in [5, 5.41) is 3.30. The number of nitrogens with one attached hydrogen (secondary N) is 1. The number of benzene rings is 1. The maximum absolute atomic E-state index is 12.6. The Kier molecular flexibility index (Phi) is 6.96. The molecule has 0 saturated carbocycles. The van der Waals surface area contributed by atoms with Crippen molar-refractivity contribution in [1.82, 2.24) is 10.2 Å². The second-order valence-electron chi connectivity index (χ2n) is 8.36. The average molecular weight is 444 g/mol. The third kappa shape index (κ3) is 5.77. The van der Waals surface area contributed by atoms with Crippen molar-refractivity contribution >= 4 is 33.2 Å². The van der Waals surface area contributed by atoms with Crippen LogP contribution >= 0.6 is 11.6 Å². The van der Waals surface area contributed by atoms with Crippen molar-refractivity contribution in [3.8, 4) is 5.75 Å². The molecular weight excluding hydrogens is 414 g/mol. The van der Waals surface area contributed by atoms with Gasteiger partial charge < -0.3 is 15.0 Å². The SMILES string of the molecule is C[C@@H]1C[C@@H](C)CN(CCCNC(=O)[C@H]2CN(S(C)(=O)=O)c3cc(Cl)ccc3O2)C1. The molecule has 1 N–H and O–H groups in total. The summed E-state index contributed by atoms with van der Waals surface area (Å²) in [5.41, 5.74) is 0.359. The lowest BCUT2D eigenvalue weighted by atomic mass is 9.92. The molecule has 7 nitrogen and oxygen atoms in total. The van der Waals surface area contributed by atoms with Gasteiger partial charge in [0.25, 0.3) is 5.91 Å². The van der Waals surface area contributed by atoms with E-state index in [1.165, 1.54) is 16.8 Å². The van der Waals surface area contributed by atoms with Gasteiger partial charge in [0, 0.05) is 24.7 Å². The molecule has 0 aromatic heterocycles. The number of piperidine rings is 1. The number of carbonyl (C=O) groups is 1. The zero-order valence-corrected chi connectivity index (χ0v) is 18.8. The molecule has 3 rings (SSSR count). The van der Waals surface area contributed by atoms with Gasteiger partial charge in [0.1, 0.15) is 5.75 Å². The second-order valence-corrected chi connectivity index (χ2v) is 10.7. The van der Waals surface area contributed by atoms with Gasteiger partial charge in [-0.15, -0.1) is 0 Å². The Morgan fingerprint density at radius 3 is 2.59 bits per heavy atom. The molecule has 2 aliphatic heterocycles. The summed E-state index contributed by atoms with van der Waals surface area (Å²) in [6, 6.07) is 4.74. The van der Waals surface area contributed by atoms with Crippen molar-refractivity contribution in [2.45, 2.75) is 32.8 Å². The predicted molar refractivity (Wildman–Crippen MR) is 115 cm³/mol. The molecule has 0 unspecified atom stereocenters. The Morgan fingerprint density at radius 2 is 1.93 bits per heavy atom. The number of hydrogen-bond donors (Lipinski definition) is 1. The van der Waals surface area contributed by atoms with Crippen LogP contribution in [0.3, 0.4) is 0 Å². The van der Waals surface area contributed by atoms with E-state index in [0.29, 0.717) is 34.8 Å². The van der Waals surface area contributed by atoms with Gasteiger partial charge in [0.15, 0.2) is 6.10 Å². The molecule has 0 bridgehead atoms. The van der Waals surface area contributed by atoms with E-state index in [1.54, 1.807) is 12.1 Å². The van der Waals surface area contributed by atoms with E-state index >= 15 is 0 Å². The molecular formula is C20H30ClN3O4S. The highest BCUT2D eigenvalue weighted by Gasteiger charge is 2.35. The van der Waals surface area contributed by atoms with E-state index < -0.39 is 16.1 Å². The number of nitrogens with zero attached hydrogens (tertiary/aromatic N) is 2. The third-order valence-electron chi connectivity index (χ3n) is 5.38. The fourth-order valence-electron chi connectivity index (χ4n) is 4.28. The summed E-state index contributed by atoms with van der Waals surface area (Å²) in [6.07, 6.45) is 2.34. The lowest BCUT2D eigenvalue weighted by Gasteiger charge is -2.35. The number of carbonyl (C=O) groups excluding carboxylic acids is 1. The molecule has 1 fully saturated rings. The molecule has 2 heterocycles. The van der Waals surface area contributed by atoms with Gasteiger partial charge in [-0.25, -0.2) is 8.42 Å². The quantitative estimate of drug-likeness (QED) is 0.683. The number of sulfonamides is 1. The summed E-state index contributed by atoms with van der Waals surface area (Å²) >= 11 is 6.00. The molecule has 9 heteroatoms. The Morgan fingerprint density at radius 1 is 1.24 bits per heavy atom. The topological polar surface area (TPSA) is 79.0 Å². The van der Waals surface area contributed by atoms with Crippen LogP contribution in [-0.2, 0) is 14.8 Å². The molecule has 1 amide bonds. The van der Waals surface area contributed by atoms with Crippen LogP contribution in [0.1, 0.15) is 26.7 Å². The van der Waals surface area contributed by atoms with Crippen LogP contribution in [0.25, 0.3) is 0 Å². The third-order valence-corrected chi connectivity index (χ3v) is 6.76. The Hall–Kier alpha value is -1.51. The Balaban J connectivity index is 1.55. The highest BCUT2D eigenvalue weighted by molar-refractivity contribution is 7.92. The first kappa shape index (κ1) is 22.2. The normalized spacial score (nSPS) is 25.2. The number of rotatable bonds is 6. The van der Waals surface area contributed by atoms with Crippen molar-refractivity contribution in [2.24, 2.45) is 11.8 Å². The van der Waals surface area contributed by atoms with Gasteiger partial charge in [0.2, 0.25) is 10.0 Å². The number of halogens is 1. The first-order valence-corrected chi connectivity index (χ1v) is 12.3. The van der Waals surface area contributed by atoms with Gasteiger partial charge in [0.05, 0.1) is 18.5 Å². The van der Waals surface area contributed by atoms with Gasteiger partial charge in [-0.05, 0) is 49.4 Å². The lowest BCUT2D eigenvalue weighted by Crippen LogP contribution is -2.50. The maximum Gasteiger partial charge on any atom is 0.263 e. The molecule has 3 atom stereocenters. The van der Waals surface area contributed by atoms with Gasteiger partial charge in [-0.1, -0.05) is 25.4 Å². The number of anilines is 1. The summed E-state index contributed by atoms with van der Waals surface area (Å²) in [6.45, 7) is 8.17. The largest absolute Gasteiger partial charge is 0.476 e. The van der Waals surface area contributed by atoms with E-state index in [4.69, 9.17) is 16.3 Å². The van der Waals surface area contributed by atoms with Crippen LogP contribution in [0.2, 0.25) is 5.02 Å². The van der Waals surface area contributed by atoms with Crippen molar-refractivity contribution in [2.75, 3.05) is 43.3 Å². The molecule has 2 aliphatic rings. The van der Waals surface area contributed by atoms with Crippen LogP contribution in [0.5, 0.6) is 5.75 Å². The highest BCUT2D eigenvalue weighted by atomic mass is 35.5. The van der Waals surface area contributed by atoms with Gasteiger partial charge in [-0.3, -0.25) is 9.10 Å². The smallest absolute Gasteiger partial charge is 0.263 e. The molecule has 0 spiro atoms. The zero-order valence-electron chi connectivity index (χ0n) is 17.2. The Labute approximate surface area is 178 Å². The van der Waals surface area contributed by atoms with Gasteiger partial charge in [-0.2, -0.15) is 0 Å². The van der Waals surface area contributed by atoms with E-state index in [9.17, 15) is 13.2 Å². The Bertz CT molecular complexity index is 838. The molecule has 0 aliphatic carbocycles. The minimum atomic E-state index is -3.56. The summed E-state index contributed by atoms with van der Waals surface area (Å²) in [7, 11) is -3.56. The number of likely N-dealkylation sites (tertiary alicyclic amines) is 1. The second kappa shape index (κ2) is 9.10. The monoisotopic (exact) mass is 443 g/mol. The van der Waals surface area contributed by atoms with Crippen molar-refractivity contribution in [1.29, 1.82) is 0 Å². The minimum absolute atomic E-state index is 0.0703. The van der Waals surface area contributed by atoms with Crippen LogP contribution in [0, 0.1) is 11.8 Å². The molecule has 1 saturated heterocycles. The zero-order chi connectivity index (χ0) is 21.2. The fraction of sp³-hybridized carbons (Fsp3) is 0.650. The fourth-order valence-corrected chi connectivity index (χ4v) is 5.35. The number of ether oxygens (including phenoxy) is 1. The number of amides is 1. The highest BCUT2D eigenvalue weighted by Crippen LogP contribution is 2.37. The number of hydrogen-bond acceptors (Lipinski definition) is 5. The van der Waals surface area contributed by atoms with E-state index in [0.717, 1.165) is 32.3 Å². The minimum Gasteiger partial charge on any atom is -0.476 e. The molecule has 162 valence electrons. The summed E-state index contributed by atoms with van der Waals surface area (Å²) in [5.74, 6) is 1.45. The summed E-state index contributed by atoms with van der Waals surface area (Å²) < 4.78 is 31.4. The van der Waals surface area contributed by atoms with Crippen molar-refractivity contribution < 1.29 is 17.9 Å². The van der Waals surface area contributed by atoms with Gasteiger partial charge >= 0.3 is 0 Å². The van der Waals surface area contributed by atoms with Crippen molar-refractivity contribution in [3.05, 3.63) is 23.2 Å². The van der Waals surface area contributed by atoms with Crippen molar-refractivity contribution in [3.63, 3.8) is 0 Å². The molecule has 29 heavy (non-hydrogen) atoms.